The van der Waals surface area contributed by atoms with Crippen LogP contribution in [0.25, 0.3) is 0 Å². The molecule has 0 aliphatic rings. The highest BCUT2D eigenvalue weighted by Crippen LogP contribution is 2.06. The second-order valence-corrected chi connectivity index (χ2v) is 4.60. The van der Waals surface area contributed by atoms with E-state index >= 15 is 0 Å². The Hall–Kier alpha value is -1.39. The first-order chi connectivity index (χ1) is 7.38. The fourth-order valence-electron chi connectivity index (χ4n) is 1.12. The topological polar surface area (TPSA) is 64.3 Å². The molecule has 0 spiro atoms. The third-order valence-corrected chi connectivity index (χ3v) is 1.89. The molecule has 0 saturated heterocycles. The first-order valence-corrected chi connectivity index (χ1v) is 5.18. The molecule has 88 valence electrons. The van der Waals surface area contributed by atoms with E-state index in [2.05, 4.69) is 5.48 Å². The van der Waals surface area contributed by atoms with Gasteiger partial charge in [-0.2, -0.15) is 5.48 Å². The van der Waals surface area contributed by atoms with E-state index in [0.29, 0.717) is 12.1 Å². The number of rotatable bonds is 4. The summed E-state index contributed by atoms with van der Waals surface area (Å²) in [5, 5.41) is 0. The molecule has 1 aromatic carbocycles. The maximum atomic E-state index is 10.8. The van der Waals surface area contributed by atoms with Gasteiger partial charge in [-0.15, -0.1) is 0 Å². The summed E-state index contributed by atoms with van der Waals surface area (Å²) in [6, 6.07) is 7.10. The van der Waals surface area contributed by atoms with Crippen LogP contribution in [0.3, 0.4) is 0 Å². The van der Waals surface area contributed by atoms with Crippen LogP contribution in [0.2, 0.25) is 0 Å². The van der Waals surface area contributed by atoms with Gasteiger partial charge in [0.25, 0.3) is 0 Å². The number of nitrogens with two attached hydrogens (primary N) is 1. The summed E-state index contributed by atoms with van der Waals surface area (Å²) in [5.74, 6) is -0.412. The third-order valence-electron chi connectivity index (χ3n) is 1.89. The van der Waals surface area contributed by atoms with E-state index in [1.165, 1.54) is 0 Å². The zero-order valence-corrected chi connectivity index (χ0v) is 9.91. The molecule has 1 rings (SSSR count). The van der Waals surface area contributed by atoms with Crippen molar-refractivity contribution in [1.29, 1.82) is 0 Å². The number of hydrogen-bond acceptors (Lipinski definition) is 3. The highest BCUT2D eigenvalue weighted by Gasteiger charge is 2.09. The molecular weight excluding hydrogens is 204 g/mol. The van der Waals surface area contributed by atoms with Gasteiger partial charge < -0.3 is 5.73 Å². The Morgan fingerprint density at radius 2 is 1.88 bits per heavy atom. The summed E-state index contributed by atoms with van der Waals surface area (Å²) in [7, 11) is 0. The van der Waals surface area contributed by atoms with Gasteiger partial charge in [0.1, 0.15) is 0 Å². The molecule has 0 unspecified atom stereocenters. The first-order valence-electron chi connectivity index (χ1n) is 5.18. The molecule has 0 aliphatic heterocycles. The number of primary amides is 1. The van der Waals surface area contributed by atoms with Crippen molar-refractivity contribution < 1.29 is 9.63 Å². The largest absolute Gasteiger partial charge is 0.366 e. The van der Waals surface area contributed by atoms with Crippen LogP contribution in [-0.4, -0.2) is 11.5 Å². The van der Waals surface area contributed by atoms with Crippen LogP contribution >= 0.6 is 0 Å². The minimum absolute atomic E-state index is 0.215. The molecule has 0 aromatic heterocycles. The number of nitrogens with one attached hydrogen (secondary N) is 1. The molecule has 0 fully saturated rings. The lowest BCUT2D eigenvalue weighted by molar-refractivity contribution is -0.0757. The number of hydroxylamine groups is 1. The normalized spacial score (nSPS) is 11.4. The number of amides is 1. The molecule has 0 bridgehead atoms. The Balaban J connectivity index is 2.47. The van der Waals surface area contributed by atoms with Crippen molar-refractivity contribution in [3.8, 4) is 0 Å². The zero-order chi connectivity index (χ0) is 12.2. The standard InChI is InChI=1S/C12H18N2O2/c1-12(2,3)16-14-8-9-4-6-10(7-5-9)11(13)15/h4-7,14H,8H2,1-3H3,(H2,13,15). The van der Waals surface area contributed by atoms with Crippen molar-refractivity contribution in [3.63, 3.8) is 0 Å². The van der Waals surface area contributed by atoms with Crippen molar-refractivity contribution in [2.75, 3.05) is 0 Å². The van der Waals surface area contributed by atoms with E-state index < -0.39 is 5.91 Å². The second kappa shape index (κ2) is 5.09. The van der Waals surface area contributed by atoms with Crippen molar-refractivity contribution in [2.45, 2.75) is 32.9 Å². The summed E-state index contributed by atoms with van der Waals surface area (Å²) < 4.78 is 0. The van der Waals surface area contributed by atoms with Crippen LogP contribution in [0.1, 0.15) is 36.7 Å². The van der Waals surface area contributed by atoms with Crippen LogP contribution in [0, 0.1) is 0 Å². The molecule has 0 radical (unpaired) electrons. The minimum Gasteiger partial charge on any atom is -0.366 e. The maximum absolute atomic E-state index is 10.8. The summed E-state index contributed by atoms with van der Waals surface area (Å²) in [6.07, 6.45) is 0. The van der Waals surface area contributed by atoms with Gasteiger partial charge in [-0.1, -0.05) is 12.1 Å². The number of carbonyl (C=O) groups excluding carboxylic acids is 1. The molecule has 1 amide bonds. The lowest BCUT2D eigenvalue weighted by Crippen LogP contribution is -2.28. The van der Waals surface area contributed by atoms with E-state index in [1.807, 2.05) is 32.9 Å². The van der Waals surface area contributed by atoms with Gasteiger partial charge in [0, 0.05) is 12.1 Å². The SMILES string of the molecule is CC(C)(C)ONCc1ccc(C(N)=O)cc1. The number of carbonyl (C=O) groups is 1. The van der Waals surface area contributed by atoms with E-state index in [9.17, 15) is 4.79 Å². The van der Waals surface area contributed by atoms with E-state index in [4.69, 9.17) is 10.6 Å². The first kappa shape index (κ1) is 12.7. The van der Waals surface area contributed by atoms with Crippen LogP contribution in [0.4, 0.5) is 0 Å². The summed E-state index contributed by atoms with van der Waals surface area (Å²) >= 11 is 0. The molecule has 0 atom stereocenters. The molecule has 0 saturated carbocycles. The van der Waals surface area contributed by atoms with Gasteiger partial charge >= 0.3 is 0 Å². The van der Waals surface area contributed by atoms with Gasteiger partial charge in [-0.05, 0) is 38.5 Å². The Kier molecular flexibility index (Phi) is 4.04. The van der Waals surface area contributed by atoms with Crippen LogP contribution in [0.15, 0.2) is 24.3 Å². The van der Waals surface area contributed by atoms with Gasteiger partial charge in [0.05, 0.1) is 5.60 Å². The van der Waals surface area contributed by atoms with E-state index in [0.717, 1.165) is 5.56 Å². The molecular formula is C12H18N2O2. The van der Waals surface area contributed by atoms with Crippen molar-refractivity contribution in [3.05, 3.63) is 35.4 Å². The molecule has 3 N–H and O–H groups in total. The Morgan fingerprint density at radius 1 is 1.31 bits per heavy atom. The van der Waals surface area contributed by atoms with E-state index in [1.54, 1.807) is 12.1 Å². The summed E-state index contributed by atoms with van der Waals surface area (Å²) in [5.41, 5.74) is 9.35. The molecule has 4 nitrogen and oxygen atoms in total. The lowest BCUT2D eigenvalue weighted by atomic mass is 10.1. The molecule has 1 aromatic rings. The van der Waals surface area contributed by atoms with Crippen molar-refractivity contribution in [2.24, 2.45) is 5.73 Å². The fraction of sp³-hybridized carbons (Fsp3) is 0.417. The molecule has 0 heterocycles. The van der Waals surface area contributed by atoms with Gasteiger partial charge in [0.15, 0.2) is 0 Å². The predicted molar refractivity (Wildman–Crippen MR) is 62.6 cm³/mol. The monoisotopic (exact) mass is 222 g/mol. The average Bonchev–Trinajstić information content (AvgIpc) is 2.16. The van der Waals surface area contributed by atoms with Crippen molar-refractivity contribution in [1.82, 2.24) is 5.48 Å². The lowest BCUT2D eigenvalue weighted by Gasteiger charge is -2.19. The third kappa shape index (κ3) is 4.42. The van der Waals surface area contributed by atoms with Crippen LogP contribution in [-0.2, 0) is 11.4 Å². The number of benzene rings is 1. The Bertz CT molecular complexity index is 352. The Morgan fingerprint density at radius 3 is 2.31 bits per heavy atom. The molecule has 16 heavy (non-hydrogen) atoms. The van der Waals surface area contributed by atoms with E-state index in [-0.39, 0.29) is 5.60 Å². The summed E-state index contributed by atoms with van der Waals surface area (Å²) in [4.78, 5) is 16.2. The molecule has 4 heteroatoms. The van der Waals surface area contributed by atoms with Gasteiger partial charge in [-0.25, -0.2) is 0 Å². The van der Waals surface area contributed by atoms with Crippen LogP contribution in [0.5, 0.6) is 0 Å². The average molecular weight is 222 g/mol. The molecule has 0 aliphatic carbocycles. The van der Waals surface area contributed by atoms with Crippen molar-refractivity contribution >= 4 is 5.91 Å². The second-order valence-electron chi connectivity index (χ2n) is 4.60. The highest BCUT2D eigenvalue weighted by atomic mass is 16.7. The fourth-order valence-corrected chi connectivity index (χ4v) is 1.12. The maximum Gasteiger partial charge on any atom is 0.248 e. The summed E-state index contributed by atoms with van der Waals surface area (Å²) in [6.45, 7) is 6.50. The smallest absolute Gasteiger partial charge is 0.248 e. The Labute approximate surface area is 95.7 Å². The zero-order valence-electron chi connectivity index (χ0n) is 9.91. The van der Waals surface area contributed by atoms with Crippen LogP contribution < -0.4 is 11.2 Å². The minimum atomic E-state index is -0.412. The quantitative estimate of drug-likeness (QED) is 0.761. The predicted octanol–water partition coefficient (Wildman–Crippen LogP) is 1.61. The van der Waals surface area contributed by atoms with Gasteiger partial charge in [0.2, 0.25) is 5.91 Å². The van der Waals surface area contributed by atoms with Gasteiger partial charge in [-0.3, -0.25) is 9.63 Å². The highest BCUT2D eigenvalue weighted by molar-refractivity contribution is 5.92. The number of hydrogen-bond donors (Lipinski definition) is 2.